The fraction of sp³-hybridized carbons (Fsp3) is 0.261. The van der Waals surface area contributed by atoms with Gasteiger partial charge in [-0.05, 0) is 79.5 Å². The molecule has 2 aromatic heterocycles. The summed E-state index contributed by atoms with van der Waals surface area (Å²) in [7, 11) is 0. The van der Waals surface area contributed by atoms with Crippen LogP contribution in [0.5, 0.6) is 0 Å². The van der Waals surface area contributed by atoms with Gasteiger partial charge >= 0.3 is 6.09 Å². The van der Waals surface area contributed by atoms with Crippen LogP contribution in [-0.4, -0.2) is 30.1 Å². The van der Waals surface area contributed by atoms with Crippen LogP contribution in [0.2, 0.25) is 5.22 Å². The third-order valence-electron chi connectivity index (χ3n) is 5.29. The summed E-state index contributed by atoms with van der Waals surface area (Å²) in [6, 6.07) is 13.5. The van der Waals surface area contributed by atoms with Crippen LogP contribution in [0.3, 0.4) is 0 Å². The van der Waals surface area contributed by atoms with Crippen LogP contribution < -0.4 is 16.0 Å². The van der Waals surface area contributed by atoms with Crippen molar-refractivity contribution in [1.29, 1.82) is 0 Å². The smallest absolute Gasteiger partial charge is 0.412 e. The van der Waals surface area contributed by atoms with E-state index in [0.717, 1.165) is 31.5 Å². The molecule has 8 nitrogen and oxygen atoms in total. The fourth-order valence-electron chi connectivity index (χ4n) is 3.71. The van der Waals surface area contributed by atoms with E-state index in [1.807, 2.05) is 12.1 Å². The normalized spacial score (nSPS) is 14.6. The molecule has 4 rings (SSSR count). The number of halogens is 2. The number of hydrogen-bond donors (Lipinski definition) is 3. The monoisotopic (exact) mass is 490 g/mol. The number of benzene rings is 1. The molecule has 174 valence electrons. The molecule has 0 radical (unpaired) electrons. The minimum absolute atomic E-state index is 0. The van der Waals surface area contributed by atoms with Crippen molar-refractivity contribution in [3.63, 3.8) is 0 Å². The van der Waals surface area contributed by atoms with E-state index < -0.39 is 18.1 Å². The number of amides is 2. The zero-order valence-electron chi connectivity index (χ0n) is 17.6. The van der Waals surface area contributed by atoms with Crippen LogP contribution in [0.15, 0.2) is 65.3 Å². The van der Waals surface area contributed by atoms with Crippen LogP contribution in [0.4, 0.5) is 16.2 Å². The first-order chi connectivity index (χ1) is 15.6. The Labute approximate surface area is 202 Å². The summed E-state index contributed by atoms with van der Waals surface area (Å²) >= 11 is 5.74. The molecule has 1 fully saturated rings. The molecule has 10 heteroatoms. The zero-order chi connectivity index (χ0) is 22.3. The van der Waals surface area contributed by atoms with Gasteiger partial charge in [-0.1, -0.05) is 12.1 Å². The van der Waals surface area contributed by atoms with Gasteiger partial charge in [-0.2, -0.15) is 0 Å². The molecule has 2 amide bonds. The van der Waals surface area contributed by atoms with Gasteiger partial charge in [0.15, 0.2) is 11.0 Å². The lowest BCUT2D eigenvalue weighted by atomic mass is 9.88. The van der Waals surface area contributed by atoms with Crippen LogP contribution in [-0.2, 0) is 4.74 Å². The SMILES string of the molecule is Cl.O=C(Nc1ccccc1NC(=O)c1ccc(Cl)o1)OC(c1ccncc1)C1CCNCC1. The Bertz CT molecular complexity index is 1070. The van der Waals surface area contributed by atoms with Crippen molar-refractivity contribution in [1.82, 2.24) is 10.3 Å². The number of nitrogens with one attached hydrogen (secondary N) is 3. The summed E-state index contributed by atoms with van der Waals surface area (Å²) in [5, 5.41) is 8.91. The Kier molecular flexibility index (Phi) is 8.71. The quantitative estimate of drug-likeness (QED) is 0.433. The maximum absolute atomic E-state index is 12.8. The Morgan fingerprint density at radius 3 is 2.33 bits per heavy atom. The number of piperidine rings is 1. The molecule has 1 saturated heterocycles. The van der Waals surface area contributed by atoms with Crippen LogP contribution in [0.1, 0.15) is 35.1 Å². The maximum Gasteiger partial charge on any atom is 0.412 e. The van der Waals surface area contributed by atoms with Crippen LogP contribution in [0, 0.1) is 5.92 Å². The molecule has 3 N–H and O–H groups in total. The van der Waals surface area contributed by atoms with Gasteiger partial charge in [0.05, 0.1) is 11.4 Å². The average Bonchev–Trinajstić information content (AvgIpc) is 3.26. The lowest BCUT2D eigenvalue weighted by Gasteiger charge is -2.30. The summed E-state index contributed by atoms with van der Waals surface area (Å²) < 4.78 is 11.0. The van der Waals surface area contributed by atoms with Crippen molar-refractivity contribution < 1.29 is 18.7 Å². The van der Waals surface area contributed by atoms with Crippen molar-refractivity contribution in [3.05, 3.63) is 77.5 Å². The zero-order valence-corrected chi connectivity index (χ0v) is 19.2. The van der Waals surface area contributed by atoms with Crippen molar-refractivity contribution in [2.24, 2.45) is 5.92 Å². The molecule has 0 spiro atoms. The van der Waals surface area contributed by atoms with E-state index in [4.69, 9.17) is 20.8 Å². The largest absolute Gasteiger partial charge is 0.441 e. The van der Waals surface area contributed by atoms with Gasteiger partial charge in [0, 0.05) is 18.3 Å². The summed E-state index contributed by atoms with van der Waals surface area (Å²) in [4.78, 5) is 29.3. The standard InChI is InChI=1S/C23H23ClN4O4.ClH/c24-20-6-5-19(31-20)22(29)27-17-3-1-2-4-18(17)28-23(30)32-21(15-7-11-25-12-8-15)16-9-13-26-14-10-16;/h1-8,11-12,16,21,26H,9-10,13-14H2,(H,27,29)(H,28,30);1H. The molecule has 1 aliphatic heterocycles. The van der Waals surface area contributed by atoms with E-state index >= 15 is 0 Å². The Hall–Kier alpha value is -3.07. The van der Waals surface area contributed by atoms with Gasteiger partial charge in [0.2, 0.25) is 0 Å². The van der Waals surface area contributed by atoms with Gasteiger partial charge in [0.1, 0.15) is 6.10 Å². The number of pyridine rings is 1. The van der Waals surface area contributed by atoms with Crippen molar-refractivity contribution in [3.8, 4) is 0 Å². The molecule has 0 bridgehead atoms. The highest BCUT2D eigenvalue weighted by Crippen LogP contribution is 2.33. The molecule has 1 unspecified atom stereocenters. The van der Waals surface area contributed by atoms with E-state index in [1.54, 1.807) is 36.7 Å². The van der Waals surface area contributed by atoms with Crippen molar-refractivity contribution >= 4 is 47.4 Å². The number of para-hydroxylation sites is 2. The predicted molar refractivity (Wildman–Crippen MR) is 128 cm³/mol. The van der Waals surface area contributed by atoms with Gasteiger partial charge < -0.3 is 19.8 Å². The van der Waals surface area contributed by atoms with Crippen molar-refractivity contribution in [2.75, 3.05) is 23.7 Å². The molecule has 1 aliphatic rings. The first kappa shape index (κ1) is 24.6. The topological polar surface area (TPSA) is 105 Å². The van der Waals surface area contributed by atoms with Gasteiger partial charge in [0.25, 0.3) is 5.91 Å². The minimum Gasteiger partial charge on any atom is -0.441 e. The second-order valence-corrected chi connectivity index (χ2v) is 7.79. The molecule has 33 heavy (non-hydrogen) atoms. The highest BCUT2D eigenvalue weighted by Gasteiger charge is 2.28. The number of nitrogens with zero attached hydrogens (tertiary/aromatic N) is 1. The molecule has 0 saturated carbocycles. The van der Waals surface area contributed by atoms with Gasteiger partial charge in [-0.15, -0.1) is 12.4 Å². The number of carbonyl (C=O) groups is 2. The highest BCUT2D eigenvalue weighted by atomic mass is 35.5. The number of furan rings is 1. The first-order valence-corrected chi connectivity index (χ1v) is 10.7. The Morgan fingerprint density at radius 2 is 1.70 bits per heavy atom. The lowest BCUT2D eigenvalue weighted by molar-refractivity contribution is 0.0591. The number of aromatic nitrogens is 1. The van der Waals surface area contributed by atoms with Crippen LogP contribution >= 0.6 is 24.0 Å². The van der Waals surface area contributed by atoms with Gasteiger partial charge in [-0.25, -0.2) is 4.79 Å². The molecule has 0 aliphatic carbocycles. The predicted octanol–water partition coefficient (Wildman–Crippen LogP) is 5.29. The molecular formula is C23H24Cl2N4O4. The molecule has 1 aromatic carbocycles. The van der Waals surface area contributed by atoms with E-state index in [0.29, 0.717) is 11.4 Å². The number of anilines is 2. The third kappa shape index (κ3) is 6.47. The summed E-state index contributed by atoms with van der Waals surface area (Å²) in [5.41, 5.74) is 1.71. The Morgan fingerprint density at radius 1 is 1.03 bits per heavy atom. The molecule has 3 aromatic rings. The molecule has 3 heterocycles. The average molecular weight is 491 g/mol. The number of carbonyl (C=O) groups excluding carboxylic acids is 2. The lowest BCUT2D eigenvalue weighted by Crippen LogP contribution is -2.33. The molecular weight excluding hydrogens is 467 g/mol. The van der Waals surface area contributed by atoms with E-state index in [9.17, 15) is 9.59 Å². The van der Waals surface area contributed by atoms with Crippen molar-refractivity contribution in [2.45, 2.75) is 18.9 Å². The number of ether oxygens (including phenoxy) is 1. The second kappa shape index (κ2) is 11.7. The summed E-state index contributed by atoms with van der Waals surface area (Å²) in [6.45, 7) is 1.76. The number of rotatable bonds is 6. The van der Waals surface area contributed by atoms with E-state index in [-0.39, 0.29) is 29.3 Å². The number of hydrogen-bond acceptors (Lipinski definition) is 6. The summed E-state index contributed by atoms with van der Waals surface area (Å²) in [6.07, 6.45) is 4.18. The van der Waals surface area contributed by atoms with Gasteiger partial charge in [-0.3, -0.25) is 15.1 Å². The molecule has 1 atom stereocenters. The maximum atomic E-state index is 12.8. The van der Waals surface area contributed by atoms with Crippen LogP contribution in [0.25, 0.3) is 0 Å². The minimum atomic E-state index is -0.604. The van der Waals surface area contributed by atoms with E-state index in [1.165, 1.54) is 12.1 Å². The third-order valence-corrected chi connectivity index (χ3v) is 5.49. The Balaban J connectivity index is 0.00000306. The highest BCUT2D eigenvalue weighted by molar-refractivity contribution is 6.29. The fourth-order valence-corrected chi connectivity index (χ4v) is 3.86. The van der Waals surface area contributed by atoms with E-state index in [2.05, 4.69) is 20.9 Å². The summed E-state index contributed by atoms with van der Waals surface area (Å²) in [5.74, 6) is -0.219. The first-order valence-electron chi connectivity index (χ1n) is 10.3. The second-order valence-electron chi connectivity index (χ2n) is 7.42.